The monoisotopic (exact) mass is 308 g/mol. The molecule has 0 spiro atoms. The first-order valence-electron chi connectivity index (χ1n) is 4.55. The molecule has 0 aliphatic rings. The molecule has 4 N–H and O–H groups in total. The van der Waals surface area contributed by atoms with Crippen LogP contribution in [0.2, 0.25) is 0 Å². The fourth-order valence-corrected chi connectivity index (χ4v) is 3.32. The minimum Gasteiger partial charge on any atom is -0.399 e. The van der Waals surface area contributed by atoms with Crippen LogP contribution in [0.5, 0.6) is 0 Å². The van der Waals surface area contributed by atoms with Crippen LogP contribution in [0.1, 0.15) is 6.92 Å². The first-order chi connectivity index (χ1) is 7.36. The largest absolute Gasteiger partial charge is 0.399 e. The van der Waals surface area contributed by atoms with Crippen molar-refractivity contribution in [2.45, 2.75) is 17.9 Å². The van der Waals surface area contributed by atoms with Gasteiger partial charge < -0.3 is 10.8 Å². The van der Waals surface area contributed by atoms with E-state index < -0.39 is 16.1 Å². The first kappa shape index (κ1) is 13.4. The Morgan fingerprint density at radius 1 is 1.56 bits per heavy atom. The fourth-order valence-electron chi connectivity index (χ4n) is 1.09. The minimum atomic E-state index is -3.66. The average Bonchev–Trinajstić information content (AvgIpc) is 2.20. The zero-order valence-corrected chi connectivity index (χ0v) is 11.0. The number of rotatable bonds is 4. The van der Waals surface area contributed by atoms with E-state index in [1.54, 1.807) is 19.1 Å². The summed E-state index contributed by atoms with van der Waals surface area (Å²) in [5.74, 6) is 0. The van der Waals surface area contributed by atoms with Gasteiger partial charge in [-0.25, -0.2) is 13.1 Å². The molecule has 16 heavy (non-hydrogen) atoms. The van der Waals surface area contributed by atoms with Crippen LogP contribution >= 0.6 is 15.9 Å². The SMILES string of the molecule is C[C@@H](CO)NS(=O)(=O)c1cc(N)ccc1Br. The summed E-state index contributed by atoms with van der Waals surface area (Å²) < 4.78 is 26.5. The van der Waals surface area contributed by atoms with E-state index in [2.05, 4.69) is 20.7 Å². The van der Waals surface area contributed by atoms with E-state index in [0.29, 0.717) is 10.2 Å². The summed E-state index contributed by atoms with van der Waals surface area (Å²) >= 11 is 3.14. The third-order valence-corrected chi connectivity index (χ3v) is 4.46. The Bertz CT molecular complexity index is 476. The van der Waals surface area contributed by atoms with Crippen LogP contribution in [0.15, 0.2) is 27.6 Å². The Labute approximate surface area is 103 Å². The van der Waals surface area contributed by atoms with Crippen molar-refractivity contribution < 1.29 is 13.5 Å². The summed E-state index contributed by atoms with van der Waals surface area (Å²) in [5, 5.41) is 8.81. The lowest BCUT2D eigenvalue weighted by Crippen LogP contribution is -2.35. The lowest BCUT2D eigenvalue weighted by molar-refractivity contribution is 0.265. The Hall–Kier alpha value is -0.630. The second kappa shape index (κ2) is 5.13. The maximum atomic E-state index is 11.9. The topological polar surface area (TPSA) is 92.4 Å². The normalized spacial score (nSPS) is 13.7. The molecule has 1 aromatic carbocycles. The number of benzene rings is 1. The number of hydrogen-bond donors (Lipinski definition) is 3. The molecule has 0 amide bonds. The molecule has 0 bridgehead atoms. The average molecular weight is 309 g/mol. The highest BCUT2D eigenvalue weighted by Crippen LogP contribution is 2.24. The molecule has 0 fully saturated rings. The maximum Gasteiger partial charge on any atom is 0.242 e. The molecule has 0 saturated carbocycles. The van der Waals surface area contributed by atoms with E-state index in [9.17, 15) is 8.42 Å². The van der Waals surface area contributed by atoms with Gasteiger partial charge in [0.05, 0.1) is 11.5 Å². The summed E-state index contributed by atoms with van der Waals surface area (Å²) in [4.78, 5) is 0.0628. The Morgan fingerprint density at radius 3 is 2.75 bits per heavy atom. The molecule has 1 atom stereocenters. The second-order valence-electron chi connectivity index (χ2n) is 3.39. The molecular formula is C9H13BrN2O3S. The van der Waals surface area contributed by atoms with Crippen LogP contribution in [-0.2, 0) is 10.0 Å². The van der Waals surface area contributed by atoms with Gasteiger partial charge in [0, 0.05) is 16.2 Å². The van der Waals surface area contributed by atoms with Crippen molar-refractivity contribution in [2.75, 3.05) is 12.3 Å². The van der Waals surface area contributed by atoms with E-state index in [0.717, 1.165) is 0 Å². The van der Waals surface area contributed by atoms with Crippen molar-refractivity contribution in [1.82, 2.24) is 4.72 Å². The van der Waals surface area contributed by atoms with Gasteiger partial charge in [0.1, 0.15) is 0 Å². The van der Waals surface area contributed by atoms with Crippen molar-refractivity contribution in [3.8, 4) is 0 Å². The number of hydrogen-bond acceptors (Lipinski definition) is 4. The van der Waals surface area contributed by atoms with Gasteiger partial charge in [0.15, 0.2) is 0 Å². The number of nitrogens with one attached hydrogen (secondary N) is 1. The quantitative estimate of drug-likeness (QED) is 0.714. The molecule has 0 aliphatic carbocycles. The molecule has 5 nitrogen and oxygen atoms in total. The summed E-state index contributed by atoms with van der Waals surface area (Å²) in [5.41, 5.74) is 5.89. The molecule has 90 valence electrons. The third kappa shape index (κ3) is 3.18. The zero-order valence-electron chi connectivity index (χ0n) is 8.64. The number of nitrogens with two attached hydrogens (primary N) is 1. The molecular weight excluding hydrogens is 296 g/mol. The van der Waals surface area contributed by atoms with E-state index >= 15 is 0 Å². The van der Waals surface area contributed by atoms with Crippen LogP contribution in [0.3, 0.4) is 0 Å². The predicted octanol–water partition coefficient (Wildman–Crippen LogP) is 0.690. The molecule has 0 unspecified atom stereocenters. The molecule has 1 rings (SSSR count). The van der Waals surface area contributed by atoms with Gasteiger partial charge in [-0.2, -0.15) is 0 Å². The smallest absolute Gasteiger partial charge is 0.242 e. The third-order valence-electron chi connectivity index (χ3n) is 1.87. The van der Waals surface area contributed by atoms with E-state index in [4.69, 9.17) is 10.8 Å². The molecule has 0 radical (unpaired) electrons. The predicted molar refractivity (Wildman–Crippen MR) is 65.4 cm³/mol. The number of aliphatic hydroxyl groups is 1. The Kier molecular flexibility index (Phi) is 4.31. The Balaban J connectivity index is 3.12. The van der Waals surface area contributed by atoms with E-state index in [1.165, 1.54) is 6.07 Å². The molecule has 0 aromatic heterocycles. The molecule has 0 aliphatic heterocycles. The minimum absolute atomic E-state index is 0.0628. The summed E-state index contributed by atoms with van der Waals surface area (Å²) in [6.07, 6.45) is 0. The summed E-state index contributed by atoms with van der Waals surface area (Å²) in [7, 11) is -3.66. The van der Waals surface area contributed by atoms with Crippen molar-refractivity contribution in [1.29, 1.82) is 0 Å². The van der Waals surface area contributed by atoms with Gasteiger partial charge in [0.2, 0.25) is 10.0 Å². The maximum absolute atomic E-state index is 11.9. The van der Waals surface area contributed by atoms with Crippen LogP contribution < -0.4 is 10.5 Å². The standard InChI is InChI=1S/C9H13BrN2O3S/c1-6(5-13)12-16(14,15)9-4-7(11)2-3-8(9)10/h2-4,6,12-13H,5,11H2,1H3/t6-/m0/s1. The fraction of sp³-hybridized carbons (Fsp3) is 0.333. The van der Waals surface area contributed by atoms with Crippen LogP contribution in [0.25, 0.3) is 0 Å². The number of halogens is 1. The van der Waals surface area contributed by atoms with Gasteiger partial charge in [-0.3, -0.25) is 0 Å². The first-order valence-corrected chi connectivity index (χ1v) is 6.82. The summed E-state index contributed by atoms with van der Waals surface area (Å²) in [6.45, 7) is 1.30. The highest BCUT2D eigenvalue weighted by Gasteiger charge is 2.19. The van der Waals surface area contributed by atoms with Crippen molar-refractivity contribution in [2.24, 2.45) is 0 Å². The second-order valence-corrected chi connectivity index (χ2v) is 5.93. The highest BCUT2D eigenvalue weighted by molar-refractivity contribution is 9.10. The van der Waals surface area contributed by atoms with Gasteiger partial charge in [-0.15, -0.1) is 0 Å². The number of anilines is 1. The number of sulfonamides is 1. The van der Waals surface area contributed by atoms with Crippen LogP contribution in [-0.4, -0.2) is 26.2 Å². The zero-order chi connectivity index (χ0) is 12.3. The van der Waals surface area contributed by atoms with Crippen molar-refractivity contribution in [3.05, 3.63) is 22.7 Å². The number of nitrogen functional groups attached to an aromatic ring is 1. The lowest BCUT2D eigenvalue weighted by Gasteiger charge is -2.13. The molecule has 0 heterocycles. The molecule has 7 heteroatoms. The van der Waals surface area contributed by atoms with Crippen LogP contribution in [0.4, 0.5) is 5.69 Å². The Morgan fingerprint density at radius 2 is 2.19 bits per heavy atom. The summed E-state index contributed by atoms with van der Waals surface area (Å²) in [6, 6.07) is 3.97. The van der Waals surface area contributed by atoms with Gasteiger partial charge in [0.25, 0.3) is 0 Å². The van der Waals surface area contributed by atoms with Crippen molar-refractivity contribution in [3.63, 3.8) is 0 Å². The van der Waals surface area contributed by atoms with Gasteiger partial charge >= 0.3 is 0 Å². The van der Waals surface area contributed by atoms with Gasteiger partial charge in [-0.05, 0) is 41.1 Å². The highest BCUT2D eigenvalue weighted by atomic mass is 79.9. The van der Waals surface area contributed by atoms with Gasteiger partial charge in [-0.1, -0.05) is 0 Å². The van der Waals surface area contributed by atoms with E-state index in [1.807, 2.05) is 0 Å². The molecule has 1 aromatic rings. The van der Waals surface area contributed by atoms with Crippen molar-refractivity contribution >= 4 is 31.6 Å². The number of aliphatic hydroxyl groups excluding tert-OH is 1. The van der Waals surface area contributed by atoms with E-state index in [-0.39, 0.29) is 11.5 Å². The lowest BCUT2D eigenvalue weighted by atomic mass is 10.3. The van der Waals surface area contributed by atoms with Crippen LogP contribution in [0, 0.1) is 0 Å². The molecule has 0 saturated heterocycles.